The minimum atomic E-state index is -4.43. The molecule has 0 amide bonds. The van der Waals surface area contributed by atoms with Gasteiger partial charge in [-0.1, -0.05) is 20.8 Å². The molecule has 0 radical (unpaired) electrons. The summed E-state index contributed by atoms with van der Waals surface area (Å²) in [5.41, 5.74) is -1.43. The van der Waals surface area contributed by atoms with Crippen molar-refractivity contribution in [1.82, 2.24) is 0 Å². The highest BCUT2D eigenvalue weighted by Gasteiger charge is 2.41. The van der Waals surface area contributed by atoms with E-state index in [-0.39, 0.29) is 12.0 Å². The lowest BCUT2D eigenvalue weighted by Crippen LogP contribution is -2.25. The molecular weight excluding hydrogens is 334 g/mol. The van der Waals surface area contributed by atoms with Gasteiger partial charge in [0.1, 0.15) is 34.6 Å². The van der Waals surface area contributed by atoms with Gasteiger partial charge in [-0.25, -0.2) is 17.6 Å². The monoisotopic (exact) mass is 350 g/mol. The van der Waals surface area contributed by atoms with Crippen LogP contribution in [-0.2, 0) is 12.5 Å². The van der Waals surface area contributed by atoms with E-state index in [1.165, 1.54) is 0 Å². The molecule has 0 saturated carbocycles. The summed E-state index contributed by atoms with van der Waals surface area (Å²) >= 11 is 0. The van der Waals surface area contributed by atoms with Gasteiger partial charge in [0.25, 0.3) is 0 Å². The first kappa shape index (κ1) is 19.9. The molecule has 0 aliphatic heterocycles. The van der Waals surface area contributed by atoms with E-state index in [1.54, 1.807) is 6.92 Å². The van der Waals surface area contributed by atoms with Crippen molar-refractivity contribution in [2.45, 2.75) is 33.3 Å². The van der Waals surface area contributed by atoms with Crippen LogP contribution < -0.4 is 4.74 Å². The highest BCUT2D eigenvalue weighted by molar-refractivity contribution is 5.31. The van der Waals surface area contributed by atoms with Gasteiger partial charge >= 0.3 is 6.11 Å². The maximum Gasteiger partial charge on any atom is 0.432 e. The minimum Gasteiger partial charge on any atom is -0.429 e. The Bertz CT molecular complexity index is 656. The van der Waals surface area contributed by atoms with Gasteiger partial charge in [-0.05, 0) is 24.1 Å². The lowest BCUT2D eigenvalue weighted by Gasteiger charge is -2.20. The average Bonchev–Trinajstić information content (AvgIpc) is 2.46. The molecule has 7 heteroatoms. The quantitative estimate of drug-likeness (QED) is 0.618. The number of hydrogen-bond donors (Lipinski definition) is 0. The fourth-order valence-electron chi connectivity index (χ4n) is 1.89. The van der Waals surface area contributed by atoms with Crippen LogP contribution >= 0.6 is 0 Å². The number of halogens is 6. The first-order chi connectivity index (χ1) is 11.2. The number of alkyl halides is 2. The molecular formula is C17H16F6O. The molecule has 0 spiro atoms. The Hall–Kier alpha value is -2.18. The molecule has 0 aliphatic rings. The largest absolute Gasteiger partial charge is 0.432 e. The van der Waals surface area contributed by atoms with E-state index in [0.29, 0.717) is 18.2 Å². The third kappa shape index (κ3) is 4.66. The molecule has 2 rings (SSSR count). The van der Waals surface area contributed by atoms with Crippen molar-refractivity contribution in [3.8, 4) is 5.75 Å². The van der Waals surface area contributed by atoms with Gasteiger partial charge in [-0.15, -0.1) is 0 Å². The lowest BCUT2D eigenvalue weighted by atomic mass is 10.1. The van der Waals surface area contributed by atoms with E-state index in [1.807, 2.05) is 13.8 Å². The second-order valence-electron chi connectivity index (χ2n) is 4.51. The lowest BCUT2D eigenvalue weighted by molar-refractivity contribution is -0.189. The van der Waals surface area contributed by atoms with Crippen LogP contribution in [0.15, 0.2) is 30.3 Å². The standard InChI is InChI=1S/C15H10F6O.C2H6/c1-2-8-3-12(18)14(13(19)4-8)15(20,21)22-11-6-9(16)5-10(17)7-11;1-2/h3-7H,2H2,1H3;1-2H3. The molecule has 132 valence electrons. The highest BCUT2D eigenvalue weighted by atomic mass is 19.3. The number of hydrogen-bond acceptors (Lipinski definition) is 1. The van der Waals surface area contributed by atoms with E-state index in [2.05, 4.69) is 4.74 Å². The fraction of sp³-hybridized carbons (Fsp3) is 0.294. The Morgan fingerprint density at radius 3 is 1.71 bits per heavy atom. The van der Waals surface area contributed by atoms with Gasteiger partial charge in [0.05, 0.1) is 0 Å². The molecule has 0 aromatic heterocycles. The Morgan fingerprint density at radius 2 is 1.29 bits per heavy atom. The molecule has 0 aliphatic carbocycles. The Labute approximate surface area is 135 Å². The van der Waals surface area contributed by atoms with E-state index < -0.39 is 40.7 Å². The van der Waals surface area contributed by atoms with Crippen molar-refractivity contribution in [2.75, 3.05) is 0 Å². The topological polar surface area (TPSA) is 9.23 Å². The van der Waals surface area contributed by atoms with Gasteiger partial charge in [-0.2, -0.15) is 8.78 Å². The second-order valence-corrected chi connectivity index (χ2v) is 4.51. The average molecular weight is 350 g/mol. The molecule has 1 nitrogen and oxygen atoms in total. The molecule has 0 N–H and O–H groups in total. The maximum absolute atomic E-state index is 13.9. The molecule has 0 bridgehead atoms. The molecule has 0 fully saturated rings. The number of benzene rings is 2. The van der Waals surface area contributed by atoms with Gasteiger partial charge in [0.2, 0.25) is 0 Å². The normalized spacial score (nSPS) is 10.9. The summed E-state index contributed by atoms with van der Waals surface area (Å²) < 4.78 is 85.2. The fourth-order valence-corrected chi connectivity index (χ4v) is 1.89. The predicted octanol–water partition coefficient (Wildman–Crippen LogP) is 5.96. The van der Waals surface area contributed by atoms with Crippen molar-refractivity contribution in [2.24, 2.45) is 0 Å². The van der Waals surface area contributed by atoms with Crippen LogP contribution in [0.1, 0.15) is 31.9 Å². The van der Waals surface area contributed by atoms with Crippen LogP contribution in [0, 0.1) is 23.3 Å². The van der Waals surface area contributed by atoms with Crippen LogP contribution in [0.4, 0.5) is 26.3 Å². The Kier molecular flexibility index (Phi) is 6.69. The molecule has 0 atom stereocenters. The van der Waals surface area contributed by atoms with Gasteiger partial charge in [0, 0.05) is 18.2 Å². The second kappa shape index (κ2) is 8.08. The van der Waals surface area contributed by atoms with E-state index in [9.17, 15) is 26.3 Å². The highest BCUT2D eigenvalue weighted by Crippen LogP contribution is 2.35. The van der Waals surface area contributed by atoms with Crippen LogP contribution in [0.5, 0.6) is 5.75 Å². The predicted molar refractivity (Wildman–Crippen MR) is 78.0 cm³/mol. The summed E-state index contributed by atoms with van der Waals surface area (Å²) in [5.74, 6) is -6.21. The minimum absolute atomic E-state index is 0.186. The van der Waals surface area contributed by atoms with Gasteiger partial charge in [0.15, 0.2) is 0 Å². The van der Waals surface area contributed by atoms with Crippen LogP contribution in [0.3, 0.4) is 0 Å². The molecule has 2 aromatic carbocycles. The van der Waals surface area contributed by atoms with Crippen LogP contribution in [0.2, 0.25) is 0 Å². The third-order valence-electron chi connectivity index (χ3n) is 2.88. The summed E-state index contributed by atoms with van der Waals surface area (Å²) in [7, 11) is 0. The molecule has 2 aromatic rings. The number of aryl methyl sites for hydroxylation is 1. The van der Waals surface area contributed by atoms with Crippen LogP contribution in [0.25, 0.3) is 0 Å². The SMILES string of the molecule is CC.CCc1cc(F)c(C(F)(F)Oc2cc(F)cc(F)c2)c(F)c1. The summed E-state index contributed by atoms with van der Waals surface area (Å²) in [6, 6.07) is 2.91. The smallest absolute Gasteiger partial charge is 0.429 e. The van der Waals surface area contributed by atoms with Crippen LogP contribution in [-0.4, -0.2) is 0 Å². The van der Waals surface area contributed by atoms with Gasteiger partial charge < -0.3 is 4.74 Å². The summed E-state index contributed by atoms with van der Waals surface area (Å²) in [5, 5.41) is 0. The molecule has 0 saturated heterocycles. The zero-order valence-corrected chi connectivity index (χ0v) is 13.3. The number of rotatable bonds is 4. The van der Waals surface area contributed by atoms with Crippen molar-refractivity contribution in [3.63, 3.8) is 0 Å². The Morgan fingerprint density at radius 1 is 0.833 bits per heavy atom. The van der Waals surface area contributed by atoms with Crippen molar-refractivity contribution in [1.29, 1.82) is 0 Å². The first-order valence-corrected chi connectivity index (χ1v) is 7.24. The van der Waals surface area contributed by atoms with Gasteiger partial charge in [-0.3, -0.25) is 0 Å². The van der Waals surface area contributed by atoms with Crippen molar-refractivity contribution < 1.29 is 31.1 Å². The number of ether oxygens (including phenoxy) is 1. The summed E-state index contributed by atoms with van der Waals surface area (Å²) in [6.07, 6.45) is -4.18. The maximum atomic E-state index is 13.9. The first-order valence-electron chi connectivity index (χ1n) is 7.24. The molecule has 0 unspecified atom stereocenters. The zero-order chi connectivity index (χ0) is 18.5. The molecule has 0 heterocycles. The van der Waals surface area contributed by atoms with Crippen molar-refractivity contribution in [3.05, 3.63) is 64.7 Å². The summed E-state index contributed by atoms with van der Waals surface area (Å²) in [4.78, 5) is 0. The third-order valence-corrected chi connectivity index (χ3v) is 2.88. The van der Waals surface area contributed by atoms with Crippen molar-refractivity contribution >= 4 is 0 Å². The molecule has 24 heavy (non-hydrogen) atoms. The van der Waals surface area contributed by atoms with E-state index >= 15 is 0 Å². The van der Waals surface area contributed by atoms with E-state index in [4.69, 9.17) is 0 Å². The Balaban J connectivity index is 0.00000139. The zero-order valence-electron chi connectivity index (χ0n) is 13.3. The summed E-state index contributed by atoms with van der Waals surface area (Å²) in [6.45, 7) is 5.60. The van der Waals surface area contributed by atoms with E-state index in [0.717, 1.165) is 12.1 Å².